The molecule has 12 atom stereocenters. The molecule has 1 saturated heterocycles. The molecule has 2 aromatic rings. The predicted molar refractivity (Wildman–Crippen MR) is 215 cm³/mol. The number of aliphatic hydroxyl groups is 3. The average molecular weight is 744 g/mol. The van der Waals surface area contributed by atoms with Gasteiger partial charge in [0.15, 0.2) is 5.96 Å². The summed E-state index contributed by atoms with van der Waals surface area (Å²) in [5.41, 5.74) is 8.93. The molecule has 1 aliphatic heterocycles. The average Bonchev–Trinajstić information content (AvgIpc) is 3.54. The molecular formula is C46H69N3O5. The van der Waals surface area contributed by atoms with Crippen LogP contribution >= 0.6 is 0 Å². The van der Waals surface area contributed by atoms with Crippen LogP contribution in [-0.4, -0.2) is 64.4 Å². The molecule has 0 bridgehead atoms. The zero-order valence-electron chi connectivity index (χ0n) is 33.2. The summed E-state index contributed by atoms with van der Waals surface area (Å²) in [4.78, 5) is 4.91. The number of aliphatic hydroxyl groups excluding tert-OH is 2. The highest BCUT2D eigenvalue weighted by atomic mass is 16.6. The molecule has 8 heteroatoms. The predicted octanol–water partition coefficient (Wildman–Crippen LogP) is 8.07. The molecule has 0 radical (unpaired) electrons. The lowest BCUT2D eigenvalue weighted by atomic mass is 9.46. The number of nitrogens with zero attached hydrogens (tertiary/aromatic N) is 1. The number of fused-ring (bicyclic) bond motifs is 4. The van der Waals surface area contributed by atoms with Gasteiger partial charge in [-0.25, -0.2) is 0 Å². The van der Waals surface area contributed by atoms with E-state index in [0.717, 1.165) is 88.1 Å². The van der Waals surface area contributed by atoms with Gasteiger partial charge < -0.3 is 35.5 Å². The van der Waals surface area contributed by atoms with Crippen molar-refractivity contribution >= 4 is 16.7 Å². The quantitative estimate of drug-likeness (QED) is 0.0642. The van der Waals surface area contributed by atoms with E-state index in [1.807, 2.05) is 6.26 Å². The van der Waals surface area contributed by atoms with Gasteiger partial charge in [-0.2, -0.15) is 0 Å². The maximum absolute atomic E-state index is 11.3. The molecule has 1 spiro atoms. The van der Waals surface area contributed by atoms with Gasteiger partial charge in [0.1, 0.15) is 0 Å². The fourth-order valence-corrected chi connectivity index (χ4v) is 13.3. The number of nitrogens with two attached hydrogens (primary N) is 1. The number of rotatable bonds is 12. The number of hydrogen-bond donors (Lipinski definition) is 5. The Hall–Kier alpha value is -2.39. The van der Waals surface area contributed by atoms with Gasteiger partial charge in [-0.1, -0.05) is 37.3 Å². The minimum absolute atomic E-state index is 0.0294. The van der Waals surface area contributed by atoms with Crippen molar-refractivity contribution in [3.63, 3.8) is 0 Å². The monoisotopic (exact) mass is 744 g/mol. The van der Waals surface area contributed by atoms with Gasteiger partial charge in [0, 0.05) is 42.3 Å². The van der Waals surface area contributed by atoms with Gasteiger partial charge in [-0.3, -0.25) is 4.99 Å². The second-order valence-electron chi connectivity index (χ2n) is 19.8. The minimum Gasteiger partial charge on any atom is -0.471 e. The molecular weight excluding hydrogens is 675 g/mol. The lowest BCUT2D eigenvalue weighted by Gasteiger charge is -2.58. The first-order valence-electron chi connectivity index (χ1n) is 21.8. The minimum atomic E-state index is -0.687. The lowest BCUT2D eigenvalue weighted by molar-refractivity contribution is -0.0702. The van der Waals surface area contributed by atoms with Crippen molar-refractivity contribution in [2.75, 3.05) is 19.7 Å². The van der Waals surface area contributed by atoms with Crippen molar-refractivity contribution in [2.45, 2.75) is 153 Å². The summed E-state index contributed by atoms with van der Waals surface area (Å²) < 4.78 is 12.2. The van der Waals surface area contributed by atoms with Gasteiger partial charge in [0.25, 0.3) is 0 Å². The van der Waals surface area contributed by atoms with Crippen LogP contribution in [0, 0.1) is 46.3 Å². The smallest absolute Gasteiger partial charge is 0.188 e. The van der Waals surface area contributed by atoms with E-state index in [1.54, 1.807) is 6.26 Å². The van der Waals surface area contributed by atoms with E-state index < -0.39 is 5.60 Å². The van der Waals surface area contributed by atoms with E-state index in [2.05, 4.69) is 37.4 Å². The summed E-state index contributed by atoms with van der Waals surface area (Å²) in [6, 6.07) is 6.30. The van der Waals surface area contributed by atoms with Crippen LogP contribution in [0.2, 0.25) is 0 Å². The Labute approximate surface area is 323 Å². The number of furan rings is 1. The maximum Gasteiger partial charge on any atom is 0.188 e. The van der Waals surface area contributed by atoms with E-state index in [4.69, 9.17) is 26.5 Å². The third-order valence-electron chi connectivity index (χ3n) is 16.4. The van der Waals surface area contributed by atoms with E-state index in [9.17, 15) is 15.3 Å². The summed E-state index contributed by atoms with van der Waals surface area (Å²) in [6.45, 7) is 11.6. The summed E-state index contributed by atoms with van der Waals surface area (Å²) in [5.74, 6) is 4.08. The van der Waals surface area contributed by atoms with Crippen LogP contribution in [0.15, 0.2) is 52.3 Å². The van der Waals surface area contributed by atoms with Gasteiger partial charge in [0.2, 0.25) is 0 Å². The summed E-state index contributed by atoms with van der Waals surface area (Å²) in [6.07, 6.45) is 22.1. The summed E-state index contributed by atoms with van der Waals surface area (Å²) >= 11 is 0. The number of ether oxygens (including phenoxy) is 1. The van der Waals surface area contributed by atoms with Crippen LogP contribution in [0.3, 0.4) is 0 Å². The molecule has 6 fully saturated rings. The van der Waals surface area contributed by atoms with Crippen molar-refractivity contribution < 1.29 is 24.5 Å². The standard InChI is InChI=1S/C46H69N3O5/c1-30-23-45(17-11-31(24-45)12-18-46(52)15-5-10-37(51)25-46)41-44(3,54-41)16-13-40-38(30)26-43(40,2)36-21-33(9-6-20-50)35(22-36)27-49-42(47)48-19-14-32-7-4-8-34-28-53-29-39(32)34/h4,7-8,28-29,31,33,35-38,40-41,50-52H,1,5-6,9-27H2,2-3H3,(H3,47,48,49)/t31-,33-,35+,36-,37+,38-,40-,41-,43-,44-,45-,46+/m1/s1. The number of aliphatic imine (C=N–C) groups is 1. The van der Waals surface area contributed by atoms with Crippen LogP contribution < -0.4 is 11.1 Å². The third-order valence-corrected chi connectivity index (χ3v) is 16.4. The summed E-state index contributed by atoms with van der Waals surface area (Å²) in [7, 11) is 0. The Balaban J connectivity index is 0.888. The van der Waals surface area contributed by atoms with Crippen molar-refractivity contribution in [3.8, 4) is 0 Å². The topological polar surface area (TPSA) is 137 Å². The van der Waals surface area contributed by atoms with Gasteiger partial charge in [-0.05, 0) is 163 Å². The van der Waals surface area contributed by atoms with E-state index in [0.29, 0.717) is 54.0 Å². The third kappa shape index (κ3) is 7.55. The van der Waals surface area contributed by atoms with Gasteiger partial charge >= 0.3 is 0 Å². The van der Waals surface area contributed by atoms with Gasteiger partial charge in [0.05, 0.1) is 35.9 Å². The van der Waals surface area contributed by atoms with Crippen LogP contribution in [0.4, 0.5) is 0 Å². The Morgan fingerprint density at radius 3 is 2.72 bits per heavy atom. The van der Waals surface area contributed by atoms with Crippen LogP contribution in [0.1, 0.15) is 129 Å². The fraction of sp³-hybridized carbons (Fsp3) is 0.761. The molecule has 8 rings (SSSR count). The number of allylic oxidation sites excluding steroid dienone is 1. The van der Waals surface area contributed by atoms with Crippen molar-refractivity contribution in [2.24, 2.45) is 57.1 Å². The molecule has 0 amide bonds. The molecule has 1 aromatic heterocycles. The van der Waals surface area contributed by atoms with Crippen molar-refractivity contribution in [3.05, 3.63) is 48.4 Å². The van der Waals surface area contributed by atoms with Crippen LogP contribution in [0.5, 0.6) is 0 Å². The first kappa shape index (κ1) is 38.5. The Bertz CT molecular complexity index is 1670. The van der Waals surface area contributed by atoms with Crippen LogP contribution in [-0.2, 0) is 11.2 Å². The first-order chi connectivity index (χ1) is 25.9. The highest BCUT2D eigenvalue weighted by Gasteiger charge is 2.67. The van der Waals surface area contributed by atoms with E-state index >= 15 is 0 Å². The van der Waals surface area contributed by atoms with Crippen molar-refractivity contribution in [1.82, 2.24) is 5.32 Å². The number of epoxide rings is 1. The highest BCUT2D eigenvalue weighted by Crippen LogP contribution is 2.69. The highest BCUT2D eigenvalue weighted by molar-refractivity contribution is 5.84. The van der Waals surface area contributed by atoms with Crippen molar-refractivity contribution in [1.29, 1.82) is 0 Å². The lowest BCUT2D eigenvalue weighted by Crippen LogP contribution is -2.51. The van der Waals surface area contributed by atoms with Gasteiger partial charge in [-0.15, -0.1) is 0 Å². The molecule has 1 aromatic carbocycles. The molecule has 5 aliphatic carbocycles. The normalized spacial score (nSPS) is 42.2. The SMILES string of the molecule is C=C1C[C@@]2(CC[C@H](CC[C@@]3(O)CCC[C@H](O)C3)C2)[C@@H]2O[C@]2(C)CC[C@@H]2[C@@H]1C[C@]2(C)[C@@H]1C[C@@H](CCCO)[C@H](CN=C(N)NCCc2cccc3cocc23)C1. The molecule has 0 unspecified atom stereocenters. The molecule has 6 N–H and O–H groups in total. The largest absolute Gasteiger partial charge is 0.471 e. The first-order valence-corrected chi connectivity index (χ1v) is 21.8. The second kappa shape index (κ2) is 15.2. The molecule has 6 aliphatic rings. The van der Waals surface area contributed by atoms with E-state index in [1.165, 1.54) is 56.1 Å². The Kier molecular flexibility index (Phi) is 10.8. The molecule has 5 saturated carbocycles. The second-order valence-corrected chi connectivity index (χ2v) is 19.8. The van der Waals surface area contributed by atoms with Crippen LogP contribution in [0.25, 0.3) is 10.8 Å². The maximum atomic E-state index is 11.3. The number of benzene rings is 1. The Morgan fingerprint density at radius 1 is 1.04 bits per heavy atom. The Morgan fingerprint density at radius 2 is 1.89 bits per heavy atom. The molecule has 8 nitrogen and oxygen atoms in total. The zero-order chi connectivity index (χ0) is 37.7. The molecule has 2 heterocycles. The fourth-order valence-electron chi connectivity index (χ4n) is 13.3. The molecule has 298 valence electrons. The number of hydrogen-bond acceptors (Lipinski definition) is 6. The summed E-state index contributed by atoms with van der Waals surface area (Å²) in [5, 5.41) is 37.0. The van der Waals surface area contributed by atoms with E-state index in [-0.39, 0.29) is 29.1 Å². The zero-order valence-corrected chi connectivity index (χ0v) is 33.2. The number of nitrogens with one attached hydrogen (secondary N) is 1. The molecule has 54 heavy (non-hydrogen) atoms. The number of guanidine groups is 1.